The average molecular weight is 313 g/mol. The van der Waals surface area contributed by atoms with Crippen molar-refractivity contribution in [2.75, 3.05) is 7.11 Å². The molecule has 0 heterocycles. The molecule has 2 aromatic rings. The molecule has 2 rings (SSSR count). The molecule has 1 unspecified atom stereocenters. The minimum absolute atomic E-state index is 0.0171. The van der Waals surface area contributed by atoms with Gasteiger partial charge in [-0.15, -0.1) is 0 Å². The van der Waals surface area contributed by atoms with E-state index in [-0.39, 0.29) is 14.1 Å². The molecular formula is C14H11Cl2O2P. The average Bonchev–Trinajstić information content (AvgIpc) is 2.39. The van der Waals surface area contributed by atoms with E-state index in [4.69, 9.17) is 27.9 Å². The normalized spacial score (nSPS) is 10.9. The van der Waals surface area contributed by atoms with Crippen molar-refractivity contribution >= 4 is 42.6 Å². The summed E-state index contributed by atoms with van der Waals surface area (Å²) in [5.41, 5.74) is 0.320. The Morgan fingerprint density at radius 1 is 1.05 bits per heavy atom. The summed E-state index contributed by atoms with van der Waals surface area (Å²) in [6.45, 7) is 0. The molecule has 5 heteroatoms. The third-order valence-electron chi connectivity index (χ3n) is 2.54. The number of methoxy groups -OCH3 is 1. The Labute approximate surface area is 123 Å². The summed E-state index contributed by atoms with van der Waals surface area (Å²) in [6, 6.07) is 12.4. The summed E-state index contributed by atoms with van der Waals surface area (Å²) in [5, 5.41) is 1.69. The Morgan fingerprint density at radius 2 is 1.63 bits per heavy atom. The monoisotopic (exact) mass is 312 g/mol. The first-order valence-corrected chi connectivity index (χ1v) is 7.27. The van der Waals surface area contributed by atoms with Crippen LogP contribution in [0, 0.1) is 0 Å². The van der Waals surface area contributed by atoms with Crippen molar-refractivity contribution in [1.29, 1.82) is 0 Å². The molecule has 0 aromatic heterocycles. The summed E-state index contributed by atoms with van der Waals surface area (Å²) in [5.74, 6) is 0.761. The fraction of sp³-hybridized carbons (Fsp3) is 0.0714. The molecule has 19 heavy (non-hydrogen) atoms. The molecule has 98 valence electrons. The smallest absolute Gasteiger partial charge is 0.188 e. The van der Waals surface area contributed by atoms with Crippen molar-refractivity contribution in [2.24, 2.45) is 0 Å². The molecular weight excluding hydrogens is 302 g/mol. The first-order valence-electron chi connectivity index (χ1n) is 5.51. The fourth-order valence-electron chi connectivity index (χ4n) is 1.58. The van der Waals surface area contributed by atoms with Gasteiger partial charge in [0.05, 0.1) is 22.7 Å². The number of ether oxygens (including phenoxy) is 1. The van der Waals surface area contributed by atoms with Gasteiger partial charge in [-0.25, -0.2) is 0 Å². The maximum atomic E-state index is 12.2. The van der Waals surface area contributed by atoms with Crippen LogP contribution in [-0.2, 0) is 0 Å². The van der Waals surface area contributed by atoms with Crippen molar-refractivity contribution in [1.82, 2.24) is 0 Å². The number of carbonyl (C=O) groups excluding carboxylic acids is 1. The molecule has 0 saturated heterocycles. The molecule has 0 saturated carbocycles. The van der Waals surface area contributed by atoms with Crippen LogP contribution in [0.5, 0.6) is 5.75 Å². The summed E-state index contributed by atoms with van der Waals surface area (Å²) in [6.07, 6.45) is 0. The summed E-state index contributed by atoms with van der Waals surface area (Å²) in [4.78, 5) is 12.2. The lowest BCUT2D eigenvalue weighted by Gasteiger charge is -2.06. The molecule has 0 amide bonds. The van der Waals surface area contributed by atoms with Crippen molar-refractivity contribution < 1.29 is 9.53 Å². The van der Waals surface area contributed by atoms with E-state index in [1.54, 1.807) is 25.3 Å². The quantitative estimate of drug-likeness (QED) is 0.793. The third kappa shape index (κ3) is 3.48. The van der Waals surface area contributed by atoms with Crippen molar-refractivity contribution in [3.8, 4) is 5.75 Å². The Morgan fingerprint density at radius 3 is 2.16 bits per heavy atom. The molecule has 0 aliphatic carbocycles. The van der Waals surface area contributed by atoms with E-state index in [2.05, 4.69) is 0 Å². The number of halogens is 2. The number of benzene rings is 2. The molecule has 0 spiro atoms. The highest BCUT2D eigenvalue weighted by Gasteiger charge is 2.14. The SMILES string of the molecule is COc1ccc(PC(=O)c2c(Cl)cccc2Cl)cc1. The van der Waals surface area contributed by atoms with Crippen molar-refractivity contribution in [2.45, 2.75) is 0 Å². The standard InChI is InChI=1S/C14H11Cl2O2P/c1-18-9-5-7-10(8-6-9)19-14(17)13-11(15)3-2-4-12(13)16/h2-8,19H,1H3. The lowest BCUT2D eigenvalue weighted by molar-refractivity contribution is 0.108. The van der Waals surface area contributed by atoms with Gasteiger partial charge < -0.3 is 4.74 Å². The highest BCUT2D eigenvalue weighted by atomic mass is 35.5. The zero-order valence-electron chi connectivity index (χ0n) is 10.1. The summed E-state index contributed by atoms with van der Waals surface area (Å²) < 4.78 is 5.07. The molecule has 0 radical (unpaired) electrons. The van der Waals surface area contributed by atoms with Gasteiger partial charge in [0.25, 0.3) is 0 Å². The summed E-state index contributed by atoms with van der Waals surface area (Å²) in [7, 11) is 1.59. The molecule has 2 nitrogen and oxygen atoms in total. The fourth-order valence-corrected chi connectivity index (χ4v) is 3.30. The van der Waals surface area contributed by atoms with Crippen LogP contribution in [0.3, 0.4) is 0 Å². The maximum Gasteiger partial charge on any atom is 0.188 e. The Hall–Kier alpha value is -1.08. The second kappa shape index (κ2) is 6.38. The molecule has 0 aliphatic heterocycles. The molecule has 1 atom stereocenters. The number of rotatable bonds is 4. The zero-order valence-corrected chi connectivity index (χ0v) is 12.6. The lowest BCUT2D eigenvalue weighted by atomic mass is 10.2. The van der Waals surface area contributed by atoms with Crippen molar-refractivity contribution in [3.63, 3.8) is 0 Å². The van der Waals surface area contributed by atoms with Crippen molar-refractivity contribution in [3.05, 3.63) is 58.1 Å². The molecule has 0 fully saturated rings. The minimum Gasteiger partial charge on any atom is -0.497 e. The zero-order chi connectivity index (χ0) is 13.8. The number of carbonyl (C=O) groups is 1. The topological polar surface area (TPSA) is 26.3 Å². The van der Waals surface area contributed by atoms with Gasteiger partial charge in [-0.2, -0.15) is 0 Å². The predicted octanol–water partition coefficient (Wildman–Crippen LogP) is 4.15. The largest absolute Gasteiger partial charge is 0.497 e. The van der Waals surface area contributed by atoms with E-state index in [1.165, 1.54) is 0 Å². The van der Waals surface area contributed by atoms with Gasteiger partial charge in [0.15, 0.2) is 5.52 Å². The second-order valence-corrected chi connectivity index (χ2v) is 5.88. The van der Waals surface area contributed by atoms with Gasteiger partial charge in [0, 0.05) is 0 Å². The van der Waals surface area contributed by atoms with Gasteiger partial charge >= 0.3 is 0 Å². The van der Waals surface area contributed by atoms with E-state index >= 15 is 0 Å². The van der Waals surface area contributed by atoms with E-state index < -0.39 is 0 Å². The molecule has 2 aromatic carbocycles. The first-order chi connectivity index (χ1) is 9.11. The highest BCUT2D eigenvalue weighted by Crippen LogP contribution is 2.30. The van der Waals surface area contributed by atoms with Crippen LogP contribution in [0.1, 0.15) is 10.4 Å². The second-order valence-electron chi connectivity index (χ2n) is 3.78. The molecule has 0 bridgehead atoms. The van der Waals surface area contributed by atoms with Gasteiger partial charge in [-0.3, -0.25) is 4.79 Å². The Balaban J connectivity index is 2.21. The predicted molar refractivity (Wildman–Crippen MR) is 81.7 cm³/mol. The Kier molecular flexibility index (Phi) is 4.81. The van der Waals surface area contributed by atoms with Crippen LogP contribution >= 0.6 is 31.8 Å². The van der Waals surface area contributed by atoms with Crippen LogP contribution in [-0.4, -0.2) is 12.6 Å². The minimum atomic E-state index is -0.0687. The Bertz CT molecular complexity index is 577. The van der Waals surface area contributed by atoms with E-state index in [9.17, 15) is 4.79 Å². The number of hydrogen-bond acceptors (Lipinski definition) is 2. The van der Waals surface area contributed by atoms with Crippen LogP contribution in [0.4, 0.5) is 0 Å². The number of hydrogen-bond donors (Lipinski definition) is 0. The highest BCUT2D eigenvalue weighted by molar-refractivity contribution is 7.66. The molecule has 0 N–H and O–H groups in total. The van der Waals surface area contributed by atoms with Crippen LogP contribution in [0.25, 0.3) is 0 Å². The molecule has 0 aliphatic rings. The van der Waals surface area contributed by atoms with E-state index in [0.717, 1.165) is 11.1 Å². The maximum absolute atomic E-state index is 12.2. The van der Waals surface area contributed by atoms with Crippen LogP contribution in [0.2, 0.25) is 10.0 Å². The lowest BCUT2D eigenvalue weighted by Crippen LogP contribution is -2.02. The third-order valence-corrected chi connectivity index (χ3v) is 4.27. The van der Waals surface area contributed by atoms with Gasteiger partial charge in [-0.1, -0.05) is 41.4 Å². The van der Waals surface area contributed by atoms with E-state index in [0.29, 0.717) is 15.6 Å². The first kappa shape index (κ1) is 14.3. The summed E-state index contributed by atoms with van der Waals surface area (Å²) >= 11 is 12.0. The van der Waals surface area contributed by atoms with Gasteiger partial charge in [0.2, 0.25) is 0 Å². The van der Waals surface area contributed by atoms with Crippen LogP contribution < -0.4 is 10.0 Å². The van der Waals surface area contributed by atoms with Gasteiger partial charge in [0.1, 0.15) is 5.75 Å². The van der Waals surface area contributed by atoms with Crippen LogP contribution in [0.15, 0.2) is 42.5 Å². The van der Waals surface area contributed by atoms with Gasteiger partial charge in [-0.05, 0) is 38.2 Å². The van der Waals surface area contributed by atoms with E-state index in [1.807, 2.05) is 24.3 Å².